The molecular formula is C16H30IN3. The zero-order chi connectivity index (χ0) is 13.6. The third-order valence-corrected chi connectivity index (χ3v) is 5.52. The molecule has 0 saturated heterocycles. The molecule has 4 bridgehead atoms. The zero-order valence-corrected chi connectivity index (χ0v) is 15.8. The lowest BCUT2D eigenvalue weighted by molar-refractivity contribution is -0.0466. The molecule has 0 aromatic rings. The standard InChI is InChI=1S/C16H29N3.HI/c1-18(2)15(19(3)4)17-11-16-8-12-5-13(9-16)7-14(6-12)10-16;/h12-14H,5-11H2,1-4H3;1H. The SMILES string of the molecule is CN(C)C(=NCC12CC3CC(CC(C3)C1)C2)N(C)C.I. The first-order chi connectivity index (χ1) is 8.97. The Bertz CT molecular complexity index is 331. The summed E-state index contributed by atoms with van der Waals surface area (Å²) in [5.74, 6) is 4.21. The Morgan fingerprint density at radius 2 is 1.30 bits per heavy atom. The van der Waals surface area contributed by atoms with Gasteiger partial charge < -0.3 is 9.80 Å². The highest BCUT2D eigenvalue weighted by Gasteiger charge is 2.50. The van der Waals surface area contributed by atoms with Gasteiger partial charge in [0.15, 0.2) is 5.96 Å². The molecule has 4 fully saturated rings. The van der Waals surface area contributed by atoms with Gasteiger partial charge in [0, 0.05) is 34.7 Å². The summed E-state index contributed by atoms with van der Waals surface area (Å²) in [7, 11) is 8.38. The number of guanidine groups is 1. The van der Waals surface area contributed by atoms with Crippen LogP contribution in [0.25, 0.3) is 0 Å². The first-order valence-corrected chi connectivity index (χ1v) is 7.86. The molecule has 3 nitrogen and oxygen atoms in total. The van der Waals surface area contributed by atoms with Crippen LogP contribution < -0.4 is 0 Å². The van der Waals surface area contributed by atoms with Crippen molar-refractivity contribution in [2.45, 2.75) is 38.5 Å². The predicted molar refractivity (Wildman–Crippen MR) is 95.7 cm³/mol. The molecule has 0 unspecified atom stereocenters. The number of hydrogen-bond donors (Lipinski definition) is 0. The third-order valence-electron chi connectivity index (χ3n) is 5.52. The van der Waals surface area contributed by atoms with Gasteiger partial charge in [0.1, 0.15) is 0 Å². The van der Waals surface area contributed by atoms with Crippen LogP contribution in [-0.4, -0.2) is 50.5 Å². The number of rotatable bonds is 2. The van der Waals surface area contributed by atoms with Crippen LogP contribution in [0.1, 0.15) is 38.5 Å². The molecule has 0 spiro atoms. The maximum absolute atomic E-state index is 4.98. The molecule has 4 rings (SSSR count). The largest absolute Gasteiger partial charge is 0.349 e. The zero-order valence-electron chi connectivity index (χ0n) is 13.4. The van der Waals surface area contributed by atoms with Crippen LogP contribution in [0.2, 0.25) is 0 Å². The molecule has 116 valence electrons. The van der Waals surface area contributed by atoms with Crippen molar-refractivity contribution in [2.24, 2.45) is 28.2 Å². The van der Waals surface area contributed by atoms with Crippen LogP contribution in [0.3, 0.4) is 0 Å². The average Bonchev–Trinajstić information content (AvgIpc) is 2.25. The van der Waals surface area contributed by atoms with Gasteiger partial charge in [-0.1, -0.05) is 0 Å². The molecule has 0 radical (unpaired) electrons. The van der Waals surface area contributed by atoms with Crippen molar-refractivity contribution < 1.29 is 0 Å². The molecule has 4 aliphatic rings. The van der Waals surface area contributed by atoms with Crippen molar-refractivity contribution in [2.75, 3.05) is 34.7 Å². The second-order valence-corrected chi connectivity index (χ2v) is 7.82. The van der Waals surface area contributed by atoms with Crippen LogP contribution in [0.4, 0.5) is 0 Å². The van der Waals surface area contributed by atoms with E-state index >= 15 is 0 Å². The van der Waals surface area contributed by atoms with Crippen LogP contribution in [-0.2, 0) is 0 Å². The van der Waals surface area contributed by atoms with Gasteiger partial charge in [-0.3, -0.25) is 4.99 Å². The van der Waals surface area contributed by atoms with E-state index in [0.29, 0.717) is 5.41 Å². The summed E-state index contributed by atoms with van der Waals surface area (Å²) in [5.41, 5.74) is 0.562. The number of aliphatic imine (C=N–C) groups is 1. The highest BCUT2D eigenvalue weighted by molar-refractivity contribution is 14.0. The van der Waals surface area contributed by atoms with E-state index in [1.807, 2.05) is 0 Å². The van der Waals surface area contributed by atoms with Crippen LogP contribution in [0.15, 0.2) is 4.99 Å². The van der Waals surface area contributed by atoms with E-state index < -0.39 is 0 Å². The Morgan fingerprint density at radius 3 is 1.65 bits per heavy atom. The predicted octanol–water partition coefficient (Wildman–Crippen LogP) is 3.30. The van der Waals surface area contributed by atoms with E-state index in [0.717, 1.165) is 30.3 Å². The number of nitrogens with zero attached hydrogens (tertiary/aromatic N) is 3. The van der Waals surface area contributed by atoms with Gasteiger partial charge in [-0.05, 0) is 61.7 Å². The van der Waals surface area contributed by atoms with Gasteiger partial charge >= 0.3 is 0 Å². The van der Waals surface area contributed by atoms with E-state index in [-0.39, 0.29) is 24.0 Å². The smallest absolute Gasteiger partial charge is 0.195 e. The Kier molecular flexibility index (Phi) is 4.92. The van der Waals surface area contributed by atoms with E-state index in [9.17, 15) is 0 Å². The average molecular weight is 391 g/mol. The normalized spacial score (nSPS) is 37.3. The molecule has 4 aliphatic carbocycles. The second kappa shape index (κ2) is 6.01. The summed E-state index contributed by atoms with van der Waals surface area (Å²) < 4.78 is 0. The van der Waals surface area contributed by atoms with Crippen molar-refractivity contribution in [1.29, 1.82) is 0 Å². The van der Waals surface area contributed by atoms with Gasteiger partial charge in [0.2, 0.25) is 0 Å². The summed E-state index contributed by atoms with van der Waals surface area (Å²) in [5, 5.41) is 0. The minimum absolute atomic E-state index is 0. The van der Waals surface area contributed by atoms with Crippen molar-refractivity contribution >= 4 is 29.9 Å². The molecular weight excluding hydrogens is 361 g/mol. The molecule has 0 heterocycles. The lowest BCUT2D eigenvalue weighted by Crippen LogP contribution is -2.48. The van der Waals surface area contributed by atoms with Crippen molar-refractivity contribution in [3.8, 4) is 0 Å². The van der Waals surface area contributed by atoms with Crippen molar-refractivity contribution in [3.63, 3.8) is 0 Å². The molecule has 0 aromatic heterocycles. The van der Waals surface area contributed by atoms with Crippen LogP contribution in [0, 0.1) is 23.2 Å². The van der Waals surface area contributed by atoms with E-state index in [1.165, 1.54) is 38.5 Å². The molecule has 0 amide bonds. The van der Waals surface area contributed by atoms with Crippen molar-refractivity contribution in [3.05, 3.63) is 0 Å². The summed E-state index contributed by atoms with van der Waals surface area (Å²) in [6, 6.07) is 0. The summed E-state index contributed by atoms with van der Waals surface area (Å²) >= 11 is 0. The summed E-state index contributed by atoms with van der Waals surface area (Å²) in [6.45, 7) is 1.06. The van der Waals surface area contributed by atoms with Crippen molar-refractivity contribution in [1.82, 2.24) is 9.80 Å². The van der Waals surface area contributed by atoms with Gasteiger partial charge in [-0.25, -0.2) is 0 Å². The first kappa shape index (κ1) is 16.4. The van der Waals surface area contributed by atoms with Crippen LogP contribution in [0.5, 0.6) is 0 Å². The summed E-state index contributed by atoms with van der Waals surface area (Å²) in [6.07, 6.45) is 8.94. The van der Waals surface area contributed by atoms with Gasteiger partial charge in [-0.2, -0.15) is 0 Å². The van der Waals surface area contributed by atoms with Gasteiger partial charge in [-0.15, -0.1) is 24.0 Å². The highest BCUT2D eigenvalue weighted by Crippen LogP contribution is 2.60. The maximum Gasteiger partial charge on any atom is 0.195 e. The molecule has 0 N–H and O–H groups in total. The third kappa shape index (κ3) is 3.09. The first-order valence-electron chi connectivity index (χ1n) is 7.86. The van der Waals surface area contributed by atoms with E-state index in [2.05, 4.69) is 38.0 Å². The molecule has 20 heavy (non-hydrogen) atoms. The fourth-order valence-electron chi connectivity index (χ4n) is 5.40. The molecule has 0 aromatic carbocycles. The maximum atomic E-state index is 4.98. The minimum Gasteiger partial charge on any atom is -0.349 e. The number of hydrogen-bond acceptors (Lipinski definition) is 1. The minimum atomic E-state index is 0. The van der Waals surface area contributed by atoms with Crippen LogP contribution >= 0.6 is 24.0 Å². The second-order valence-electron chi connectivity index (χ2n) is 7.82. The number of halogens is 1. The highest BCUT2D eigenvalue weighted by atomic mass is 127. The molecule has 4 heteroatoms. The topological polar surface area (TPSA) is 18.8 Å². The van der Waals surface area contributed by atoms with Gasteiger partial charge in [0.05, 0.1) is 0 Å². The van der Waals surface area contributed by atoms with E-state index in [1.54, 1.807) is 0 Å². The monoisotopic (exact) mass is 391 g/mol. The Hall–Kier alpha value is 0. The van der Waals surface area contributed by atoms with Gasteiger partial charge in [0.25, 0.3) is 0 Å². The quantitative estimate of drug-likeness (QED) is 0.409. The Morgan fingerprint density at radius 1 is 0.900 bits per heavy atom. The lowest BCUT2D eigenvalue weighted by atomic mass is 9.49. The Balaban J connectivity index is 0.00000147. The lowest BCUT2D eigenvalue weighted by Gasteiger charge is -2.56. The summed E-state index contributed by atoms with van der Waals surface area (Å²) in [4.78, 5) is 9.26. The Labute approximate surface area is 141 Å². The fourth-order valence-corrected chi connectivity index (χ4v) is 5.40. The molecule has 0 atom stereocenters. The molecule has 4 saturated carbocycles. The molecule has 0 aliphatic heterocycles. The fraction of sp³-hybridized carbons (Fsp3) is 0.938. The van der Waals surface area contributed by atoms with E-state index in [4.69, 9.17) is 4.99 Å².